The van der Waals surface area contributed by atoms with Gasteiger partial charge in [-0.1, -0.05) is 12.1 Å². The first-order valence-electron chi connectivity index (χ1n) is 18.6. The van der Waals surface area contributed by atoms with Crippen LogP contribution in [0.3, 0.4) is 0 Å². The summed E-state index contributed by atoms with van der Waals surface area (Å²) in [5, 5.41) is 13.0. The number of carbonyl (C=O) groups is 5. The van der Waals surface area contributed by atoms with Gasteiger partial charge in [0, 0.05) is 68.7 Å². The van der Waals surface area contributed by atoms with Crippen LogP contribution in [0.1, 0.15) is 67.9 Å². The van der Waals surface area contributed by atoms with Crippen LogP contribution in [0.2, 0.25) is 0 Å². The summed E-state index contributed by atoms with van der Waals surface area (Å²) in [5.74, 6) is -4.61. The summed E-state index contributed by atoms with van der Waals surface area (Å²) in [7, 11) is 1.36. The average Bonchev–Trinajstić information content (AvgIpc) is 3.45. The Labute approximate surface area is 337 Å². The molecule has 314 valence electrons. The van der Waals surface area contributed by atoms with Crippen molar-refractivity contribution in [1.29, 1.82) is 0 Å². The van der Waals surface area contributed by atoms with Crippen LogP contribution >= 0.6 is 0 Å². The summed E-state index contributed by atoms with van der Waals surface area (Å²) in [6.45, 7) is -2.45. The zero-order valence-electron chi connectivity index (χ0n) is 31.6. The zero-order valence-corrected chi connectivity index (χ0v) is 31.6. The lowest BCUT2D eigenvalue weighted by Gasteiger charge is -2.34. The number of nitrogens with one attached hydrogen (secondary N) is 5. The molecule has 7 rings (SSSR count). The van der Waals surface area contributed by atoms with E-state index in [0.717, 1.165) is 23.1 Å². The Balaban J connectivity index is 1.02. The van der Waals surface area contributed by atoms with Gasteiger partial charge in [0.1, 0.15) is 23.4 Å². The van der Waals surface area contributed by atoms with E-state index >= 15 is 4.39 Å². The quantitative estimate of drug-likeness (QED) is 0.0856. The molecular weight excluding hydrogens is 802 g/mol. The molecule has 0 saturated carbocycles. The number of hydrogen-bond acceptors (Lipinski definition) is 11. The van der Waals surface area contributed by atoms with Crippen molar-refractivity contribution in [3.63, 3.8) is 0 Å². The molecular formula is C40H36F6N8O6. The second-order valence-electron chi connectivity index (χ2n) is 14.1. The van der Waals surface area contributed by atoms with Gasteiger partial charge in [0.05, 0.1) is 39.3 Å². The number of aromatic nitrogens is 1. The SMILES string of the molecule is CNC(=O)c1ccccc1Nc1cc(Nc2cc(F)c(CNC3CCN(c4ccc5c(c4)C(=O)N(C4CCC(=O)NC4=O)C5=O)CC3)cc2OC(F)F)ncc1C(F)(F)F. The smallest absolute Gasteiger partial charge is 0.419 e. The summed E-state index contributed by atoms with van der Waals surface area (Å²) in [6.07, 6.45) is -3.24. The first-order chi connectivity index (χ1) is 28.6. The van der Waals surface area contributed by atoms with Gasteiger partial charge in [0.2, 0.25) is 11.8 Å². The number of imide groups is 2. The van der Waals surface area contributed by atoms with Crippen molar-refractivity contribution in [3.05, 3.63) is 100 Å². The van der Waals surface area contributed by atoms with Crippen molar-refractivity contribution in [2.75, 3.05) is 35.7 Å². The molecule has 3 aromatic carbocycles. The fourth-order valence-corrected chi connectivity index (χ4v) is 7.33. The Hall–Kier alpha value is -6.70. The summed E-state index contributed by atoms with van der Waals surface area (Å²) in [4.78, 5) is 69.4. The lowest BCUT2D eigenvalue weighted by molar-refractivity contribution is -0.137. The number of fused-ring (bicyclic) bond motifs is 1. The number of rotatable bonds is 12. The molecule has 0 radical (unpaired) electrons. The number of pyridine rings is 1. The van der Waals surface area contributed by atoms with Crippen molar-refractivity contribution in [2.24, 2.45) is 0 Å². The largest absolute Gasteiger partial charge is 0.433 e. The molecule has 3 aliphatic heterocycles. The second-order valence-corrected chi connectivity index (χ2v) is 14.1. The number of ether oxygens (including phenoxy) is 1. The number of alkyl halides is 5. The van der Waals surface area contributed by atoms with Crippen LogP contribution in [-0.4, -0.2) is 78.3 Å². The van der Waals surface area contributed by atoms with Gasteiger partial charge < -0.3 is 30.9 Å². The molecule has 20 heteroatoms. The molecule has 1 atom stereocenters. The third kappa shape index (κ3) is 8.68. The lowest BCUT2D eigenvalue weighted by Crippen LogP contribution is -2.54. The van der Waals surface area contributed by atoms with Gasteiger partial charge in [-0.05, 0) is 55.7 Å². The van der Waals surface area contributed by atoms with Crippen LogP contribution < -0.4 is 36.2 Å². The summed E-state index contributed by atoms with van der Waals surface area (Å²) in [6, 6.07) is 12.3. The topological polar surface area (TPSA) is 174 Å². The van der Waals surface area contributed by atoms with E-state index < -0.39 is 71.2 Å². The Kier molecular flexibility index (Phi) is 11.7. The summed E-state index contributed by atoms with van der Waals surface area (Å²) >= 11 is 0. The fourth-order valence-electron chi connectivity index (χ4n) is 7.33. The monoisotopic (exact) mass is 838 g/mol. The Bertz CT molecular complexity index is 2370. The van der Waals surface area contributed by atoms with E-state index in [1.165, 1.54) is 37.4 Å². The van der Waals surface area contributed by atoms with E-state index in [9.17, 15) is 45.9 Å². The van der Waals surface area contributed by atoms with E-state index in [1.54, 1.807) is 12.1 Å². The predicted molar refractivity (Wildman–Crippen MR) is 204 cm³/mol. The maximum atomic E-state index is 15.6. The highest BCUT2D eigenvalue weighted by atomic mass is 19.4. The van der Waals surface area contributed by atoms with Crippen LogP contribution in [0, 0.1) is 5.82 Å². The van der Waals surface area contributed by atoms with Crippen LogP contribution in [0.25, 0.3) is 0 Å². The minimum atomic E-state index is -4.88. The van der Waals surface area contributed by atoms with E-state index in [4.69, 9.17) is 0 Å². The molecule has 1 unspecified atom stereocenters. The van der Waals surface area contributed by atoms with Gasteiger partial charge in [-0.15, -0.1) is 0 Å². The number of hydrogen-bond donors (Lipinski definition) is 5. The van der Waals surface area contributed by atoms with Gasteiger partial charge in [-0.2, -0.15) is 22.0 Å². The lowest BCUT2D eigenvalue weighted by atomic mass is 10.0. The van der Waals surface area contributed by atoms with Crippen molar-refractivity contribution in [2.45, 2.75) is 57.1 Å². The molecule has 5 N–H and O–H groups in total. The molecule has 14 nitrogen and oxygen atoms in total. The maximum Gasteiger partial charge on any atom is 0.419 e. The Morgan fingerprint density at radius 2 is 1.65 bits per heavy atom. The van der Waals surface area contributed by atoms with Gasteiger partial charge in [-0.3, -0.25) is 34.2 Å². The highest BCUT2D eigenvalue weighted by molar-refractivity contribution is 6.23. The predicted octanol–water partition coefficient (Wildman–Crippen LogP) is 5.85. The molecule has 1 aromatic heterocycles. The van der Waals surface area contributed by atoms with Crippen molar-refractivity contribution in [3.8, 4) is 5.75 Å². The number of halogens is 6. The molecule has 2 fully saturated rings. The van der Waals surface area contributed by atoms with Crippen molar-refractivity contribution >= 4 is 58.1 Å². The summed E-state index contributed by atoms with van der Waals surface area (Å²) in [5.41, 5.74) is -1.06. The molecule has 0 aliphatic carbocycles. The van der Waals surface area contributed by atoms with Crippen LogP contribution in [0.15, 0.2) is 66.9 Å². The first kappa shape index (κ1) is 41.5. The van der Waals surface area contributed by atoms with Crippen LogP contribution in [-0.2, 0) is 22.3 Å². The normalized spacial score (nSPS) is 17.2. The molecule has 4 heterocycles. The summed E-state index contributed by atoms with van der Waals surface area (Å²) < 4.78 is 89.4. The van der Waals surface area contributed by atoms with E-state index in [2.05, 4.69) is 36.3 Å². The minimum Gasteiger partial charge on any atom is -0.433 e. The van der Waals surface area contributed by atoms with E-state index in [-0.39, 0.29) is 64.9 Å². The first-order valence-corrected chi connectivity index (χ1v) is 18.6. The van der Waals surface area contributed by atoms with Gasteiger partial charge in [0.15, 0.2) is 0 Å². The minimum absolute atomic E-state index is 0.000796. The second kappa shape index (κ2) is 16.9. The molecule has 5 amide bonds. The van der Waals surface area contributed by atoms with Crippen molar-refractivity contribution < 1.29 is 55.1 Å². The highest BCUT2D eigenvalue weighted by Gasteiger charge is 2.45. The number of piperidine rings is 2. The van der Waals surface area contributed by atoms with E-state index in [0.29, 0.717) is 37.8 Å². The van der Waals surface area contributed by atoms with Crippen molar-refractivity contribution in [1.82, 2.24) is 25.8 Å². The number of para-hydroxylation sites is 1. The molecule has 2 saturated heterocycles. The number of benzene rings is 3. The standard InChI is InChI=1S/C40H36F6N8O6/c1-47-35(56)24-4-2-3-5-28(24)50-29-17-33(49-19-26(29)40(44,45)46)51-30-16-27(41)20(14-32(30)60-39(42)43)18-48-21-10-12-53(13-11-21)22-6-7-23-25(15-22)38(59)54(37(23)58)31-8-9-34(55)52-36(31)57/h2-7,14-17,19,21,31,39,48H,8-13,18H2,1H3,(H,47,56)(H2,49,50,51)(H,52,55,57). The number of carbonyl (C=O) groups excluding carboxylic acids is 5. The third-order valence-corrected chi connectivity index (χ3v) is 10.4. The molecule has 0 spiro atoms. The molecule has 0 bridgehead atoms. The highest BCUT2D eigenvalue weighted by Crippen LogP contribution is 2.39. The number of nitrogens with zero attached hydrogens (tertiary/aromatic N) is 3. The Morgan fingerprint density at radius 1 is 0.917 bits per heavy atom. The third-order valence-electron chi connectivity index (χ3n) is 10.4. The maximum absolute atomic E-state index is 15.6. The van der Waals surface area contributed by atoms with Crippen LogP contribution in [0.4, 0.5) is 54.9 Å². The van der Waals surface area contributed by atoms with Crippen LogP contribution in [0.5, 0.6) is 5.75 Å². The fraction of sp³-hybridized carbons (Fsp3) is 0.300. The molecule has 4 aromatic rings. The zero-order chi connectivity index (χ0) is 42.9. The van der Waals surface area contributed by atoms with Gasteiger partial charge in [-0.25, -0.2) is 9.37 Å². The van der Waals surface area contributed by atoms with E-state index in [1.807, 2.05) is 4.90 Å². The molecule has 3 aliphatic rings. The number of anilines is 5. The molecule has 60 heavy (non-hydrogen) atoms. The number of amides is 5. The van der Waals surface area contributed by atoms with Gasteiger partial charge in [0.25, 0.3) is 17.7 Å². The Morgan fingerprint density at radius 3 is 2.35 bits per heavy atom. The van der Waals surface area contributed by atoms with Gasteiger partial charge >= 0.3 is 12.8 Å². The average molecular weight is 839 g/mol.